The van der Waals surface area contributed by atoms with Gasteiger partial charge in [0.2, 0.25) is 5.95 Å². The van der Waals surface area contributed by atoms with Crippen LogP contribution >= 0.6 is 11.6 Å². The van der Waals surface area contributed by atoms with E-state index in [0.29, 0.717) is 16.5 Å². The van der Waals surface area contributed by atoms with Crippen LogP contribution in [0.25, 0.3) is 5.70 Å². The lowest BCUT2D eigenvalue weighted by Crippen LogP contribution is -2.20. The molecule has 2 heterocycles. The summed E-state index contributed by atoms with van der Waals surface area (Å²) >= 11 is 5.93. The standard InChI is InChI=1S/C26H22ClN5O/c1-16-3-7-18(8-4-16)22-15-23(19-9-5-17(2)6-10-19)32-26(28-22)30-25(31-32)29-24(33)20-11-13-21(27)14-12-20/h3-15,23H,1-2H3,(H2,28,29,30,31,33)/t23-/m1/s1. The number of amides is 1. The van der Waals surface area contributed by atoms with Gasteiger partial charge in [-0.2, -0.15) is 4.98 Å². The Labute approximate surface area is 196 Å². The van der Waals surface area contributed by atoms with Gasteiger partial charge in [0.1, 0.15) is 6.04 Å². The number of carbonyl (C=O) groups is 1. The monoisotopic (exact) mass is 455 g/mol. The first-order chi connectivity index (χ1) is 16.0. The molecule has 0 bridgehead atoms. The molecule has 6 nitrogen and oxygen atoms in total. The summed E-state index contributed by atoms with van der Waals surface area (Å²) in [7, 11) is 0. The number of aryl methyl sites for hydroxylation is 2. The second-order valence-electron chi connectivity index (χ2n) is 8.09. The Hall–Kier alpha value is -3.90. The first-order valence-electron chi connectivity index (χ1n) is 10.6. The fourth-order valence-corrected chi connectivity index (χ4v) is 3.85. The Morgan fingerprint density at radius 3 is 2.24 bits per heavy atom. The van der Waals surface area contributed by atoms with Crippen molar-refractivity contribution in [2.24, 2.45) is 0 Å². The van der Waals surface area contributed by atoms with Crippen molar-refractivity contribution >= 4 is 35.1 Å². The van der Waals surface area contributed by atoms with Crippen molar-refractivity contribution in [3.05, 3.63) is 112 Å². The molecule has 0 spiro atoms. The molecule has 4 aromatic rings. The van der Waals surface area contributed by atoms with Crippen molar-refractivity contribution in [3.8, 4) is 0 Å². The first kappa shape index (κ1) is 21.0. The van der Waals surface area contributed by atoms with Crippen LogP contribution in [0, 0.1) is 13.8 Å². The predicted molar refractivity (Wildman–Crippen MR) is 132 cm³/mol. The zero-order valence-electron chi connectivity index (χ0n) is 18.2. The lowest BCUT2D eigenvalue weighted by Gasteiger charge is -2.24. The molecule has 164 valence electrons. The maximum absolute atomic E-state index is 12.7. The van der Waals surface area contributed by atoms with Crippen LogP contribution in [0.5, 0.6) is 0 Å². The topological polar surface area (TPSA) is 71.8 Å². The molecule has 1 aliphatic heterocycles. The zero-order chi connectivity index (χ0) is 22.9. The number of hydrogen-bond acceptors (Lipinski definition) is 4. The highest BCUT2D eigenvalue weighted by Gasteiger charge is 2.26. The average Bonchev–Trinajstić information content (AvgIpc) is 3.22. The SMILES string of the molecule is Cc1ccc(C2=C[C@H](c3ccc(C)cc3)n3nc(NC(=O)c4ccc(Cl)cc4)nc3N2)cc1. The third-order valence-electron chi connectivity index (χ3n) is 5.58. The maximum Gasteiger partial charge on any atom is 0.258 e. The summed E-state index contributed by atoms with van der Waals surface area (Å²) < 4.78 is 1.79. The highest BCUT2D eigenvalue weighted by Crippen LogP contribution is 2.33. The second-order valence-corrected chi connectivity index (χ2v) is 8.53. The predicted octanol–water partition coefficient (Wildman–Crippen LogP) is 5.86. The highest BCUT2D eigenvalue weighted by atomic mass is 35.5. The van der Waals surface area contributed by atoms with Crippen molar-refractivity contribution in [2.75, 3.05) is 10.6 Å². The van der Waals surface area contributed by atoms with Gasteiger partial charge < -0.3 is 5.32 Å². The summed E-state index contributed by atoms with van der Waals surface area (Å²) in [6, 6.07) is 23.2. The molecule has 1 aromatic heterocycles. The molecule has 0 radical (unpaired) electrons. The quantitative estimate of drug-likeness (QED) is 0.404. The number of halogens is 1. The molecule has 2 N–H and O–H groups in total. The van der Waals surface area contributed by atoms with Crippen LogP contribution in [0.15, 0.2) is 78.9 Å². The average molecular weight is 456 g/mol. The summed E-state index contributed by atoms with van der Waals surface area (Å²) in [6.45, 7) is 4.12. The minimum Gasteiger partial charge on any atom is -0.324 e. The van der Waals surface area contributed by atoms with Gasteiger partial charge in [-0.25, -0.2) is 4.68 Å². The molecule has 33 heavy (non-hydrogen) atoms. The van der Waals surface area contributed by atoms with Crippen LogP contribution in [-0.2, 0) is 0 Å². The van der Waals surface area contributed by atoms with E-state index in [-0.39, 0.29) is 17.9 Å². The van der Waals surface area contributed by atoms with Gasteiger partial charge in [0.15, 0.2) is 0 Å². The van der Waals surface area contributed by atoms with E-state index in [2.05, 4.69) is 89.2 Å². The van der Waals surface area contributed by atoms with E-state index < -0.39 is 0 Å². The van der Waals surface area contributed by atoms with Crippen LogP contribution in [0.2, 0.25) is 5.02 Å². The first-order valence-corrected chi connectivity index (χ1v) is 11.0. The Balaban J connectivity index is 1.50. The van der Waals surface area contributed by atoms with E-state index in [4.69, 9.17) is 11.6 Å². The maximum atomic E-state index is 12.7. The summed E-state index contributed by atoms with van der Waals surface area (Å²) in [6.07, 6.45) is 2.13. The molecular weight excluding hydrogens is 434 g/mol. The number of aromatic nitrogens is 3. The number of nitrogens with zero attached hydrogens (tertiary/aromatic N) is 3. The van der Waals surface area contributed by atoms with Gasteiger partial charge in [-0.15, -0.1) is 5.10 Å². The van der Waals surface area contributed by atoms with E-state index in [1.54, 1.807) is 28.9 Å². The lowest BCUT2D eigenvalue weighted by atomic mass is 10.0. The highest BCUT2D eigenvalue weighted by molar-refractivity contribution is 6.30. The van der Waals surface area contributed by atoms with Gasteiger partial charge in [-0.1, -0.05) is 71.3 Å². The van der Waals surface area contributed by atoms with E-state index in [1.807, 2.05) is 0 Å². The van der Waals surface area contributed by atoms with Gasteiger partial charge >= 0.3 is 0 Å². The number of rotatable bonds is 4. The molecule has 0 saturated heterocycles. The van der Waals surface area contributed by atoms with Crippen molar-refractivity contribution in [1.82, 2.24) is 14.8 Å². The fourth-order valence-electron chi connectivity index (χ4n) is 3.72. The Morgan fingerprint density at radius 2 is 1.58 bits per heavy atom. The number of anilines is 2. The molecule has 7 heteroatoms. The largest absolute Gasteiger partial charge is 0.324 e. The third kappa shape index (κ3) is 4.38. The number of allylic oxidation sites excluding steroid dienone is 1. The summed E-state index contributed by atoms with van der Waals surface area (Å²) in [5, 5.41) is 11.3. The number of carbonyl (C=O) groups excluding carboxylic acids is 1. The smallest absolute Gasteiger partial charge is 0.258 e. The molecule has 5 rings (SSSR count). The van der Waals surface area contributed by atoms with Gasteiger partial charge in [-0.3, -0.25) is 10.1 Å². The zero-order valence-corrected chi connectivity index (χ0v) is 19.0. The normalized spacial score (nSPS) is 14.8. The Bertz CT molecular complexity index is 1340. The molecule has 0 aliphatic carbocycles. The van der Waals surface area contributed by atoms with Gasteiger partial charge in [-0.05, 0) is 55.3 Å². The van der Waals surface area contributed by atoms with Crippen LogP contribution in [-0.4, -0.2) is 20.7 Å². The number of nitrogens with one attached hydrogen (secondary N) is 2. The van der Waals surface area contributed by atoms with Gasteiger partial charge in [0, 0.05) is 16.3 Å². The van der Waals surface area contributed by atoms with Crippen LogP contribution < -0.4 is 10.6 Å². The van der Waals surface area contributed by atoms with Crippen molar-refractivity contribution in [2.45, 2.75) is 19.9 Å². The van der Waals surface area contributed by atoms with Crippen LogP contribution in [0.3, 0.4) is 0 Å². The van der Waals surface area contributed by atoms with Gasteiger partial charge in [0.05, 0.1) is 0 Å². The molecule has 1 atom stereocenters. The summed E-state index contributed by atoms with van der Waals surface area (Å²) in [4.78, 5) is 17.2. The van der Waals surface area contributed by atoms with Crippen molar-refractivity contribution in [3.63, 3.8) is 0 Å². The Kier molecular flexibility index (Phi) is 5.44. The molecule has 1 amide bonds. The third-order valence-corrected chi connectivity index (χ3v) is 5.83. The van der Waals surface area contributed by atoms with E-state index in [0.717, 1.165) is 16.8 Å². The van der Waals surface area contributed by atoms with Gasteiger partial charge in [0.25, 0.3) is 11.9 Å². The fraction of sp³-hybridized carbons (Fsp3) is 0.115. The van der Waals surface area contributed by atoms with E-state index in [9.17, 15) is 4.79 Å². The van der Waals surface area contributed by atoms with Crippen LogP contribution in [0.1, 0.15) is 38.7 Å². The summed E-state index contributed by atoms with van der Waals surface area (Å²) in [5.41, 5.74) is 5.93. The van der Waals surface area contributed by atoms with Crippen LogP contribution in [0.4, 0.5) is 11.9 Å². The molecule has 0 fully saturated rings. The lowest BCUT2D eigenvalue weighted by molar-refractivity contribution is 0.102. The van der Waals surface area contributed by atoms with Crippen molar-refractivity contribution < 1.29 is 4.79 Å². The molecule has 3 aromatic carbocycles. The number of hydrogen-bond donors (Lipinski definition) is 2. The molecule has 0 unspecified atom stereocenters. The molecule has 0 saturated carbocycles. The summed E-state index contributed by atoms with van der Waals surface area (Å²) in [5.74, 6) is 0.492. The minimum absolute atomic E-state index is 0.174. The van der Waals surface area contributed by atoms with E-state index in [1.165, 1.54) is 11.1 Å². The van der Waals surface area contributed by atoms with Crippen molar-refractivity contribution in [1.29, 1.82) is 0 Å². The number of benzene rings is 3. The molecule has 1 aliphatic rings. The number of fused-ring (bicyclic) bond motifs is 1. The minimum atomic E-state index is -0.298. The second kappa shape index (κ2) is 8.56. The Morgan fingerprint density at radius 1 is 0.939 bits per heavy atom. The molecular formula is C26H22ClN5O. The van der Waals surface area contributed by atoms with E-state index >= 15 is 0 Å².